The number of hydrogen-bond donors (Lipinski definition) is 0. The second-order valence-electron chi connectivity index (χ2n) is 10.8. The zero-order valence-corrected chi connectivity index (χ0v) is 25.9. The van der Waals surface area contributed by atoms with Crippen molar-refractivity contribution in [3.8, 4) is 23.0 Å². The third kappa shape index (κ3) is 7.30. The fourth-order valence-electron chi connectivity index (χ4n) is 5.15. The topological polar surface area (TPSA) is 142 Å². The van der Waals surface area contributed by atoms with E-state index in [0.717, 1.165) is 0 Å². The molecular weight excluding hydrogens is 624 g/mol. The Morgan fingerprint density at radius 3 is 1.06 bits per heavy atom. The molecule has 0 amide bonds. The van der Waals surface area contributed by atoms with Crippen LogP contribution in [0.4, 0.5) is 0 Å². The molecule has 4 atom stereocenters. The van der Waals surface area contributed by atoms with E-state index in [2.05, 4.69) is 0 Å². The number of ether oxygens (including phenoxy) is 8. The van der Waals surface area contributed by atoms with E-state index < -0.39 is 48.3 Å². The summed E-state index contributed by atoms with van der Waals surface area (Å²) < 4.78 is 43.9. The van der Waals surface area contributed by atoms with Crippen molar-refractivity contribution in [3.63, 3.8) is 0 Å². The van der Waals surface area contributed by atoms with Crippen LogP contribution in [-0.2, 0) is 18.9 Å². The van der Waals surface area contributed by atoms with Crippen LogP contribution in [0.2, 0.25) is 0 Å². The average Bonchev–Trinajstić information content (AvgIpc) is 3.71. The lowest BCUT2D eigenvalue weighted by Crippen LogP contribution is -2.36. The Morgan fingerprint density at radius 2 is 0.750 bits per heavy atom. The van der Waals surface area contributed by atoms with E-state index in [1.807, 2.05) is 0 Å². The number of fused-ring (bicyclic) bond motifs is 1. The van der Waals surface area contributed by atoms with Crippen molar-refractivity contribution in [1.82, 2.24) is 0 Å². The highest BCUT2D eigenvalue weighted by Crippen LogP contribution is 2.32. The molecule has 0 radical (unpaired) electrons. The summed E-state index contributed by atoms with van der Waals surface area (Å²) in [4.78, 5) is 50.6. The number of rotatable bonds is 10. The highest BCUT2D eigenvalue weighted by atomic mass is 16.7. The Bertz CT molecular complexity index is 1630. The van der Waals surface area contributed by atoms with Gasteiger partial charge in [0.25, 0.3) is 0 Å². The lowest BCUT2D eigenvalue weighted by atomic mass is 10.1. The number of esters is 4. The van der Waals surface area contributed by atoms with Crippen LogP contribution >= 0.6 is 0 Å². The van der Waals surface area contributed by atoms with Gasteiger partial charge in [0.05, 0.1) is 49.7 Å². The van der Waals surface area contributed by atoms with Gasteiger partial charge in [0.2, 0.25) is 0 Å². The Hall–Kier alpha value is -5.72. The first-order valence-corrected chi connectivity index (χ1v) is 14.9. The summed E-state index contributed by atoms with van der Waals surface area (Å²) in [5.41, 5.74) is 1.17. The molecule has 1 unspecified atom stereocenters. The van der Waals surface area contributed by atoms with Crippen LogP contribution in [0.5, 0.6) is 23.0 Å². The molecule has 0 bridgehead atoms. The number of carbonyl (C=O) groups is 4. The van der Waals surface area contributed by atoms with Gasteiger partial charge in [0.1, 0.15) is 35.2 Å². The first-order chi connectivity index (χ1) is 23.3. The average molecular weight is 655 g/mol. The highest BCUT2D eigenvalue weighted by molar-refractivity contribution is 5.93. The molecule has 48 heavy (non-hydrogen) atoms. The van der Waals surface area contributed by atoms with Crippen LogP contribution < -0.4 is 18.9 Å². The fourth-order valence-corrected chi connectivity index (χ4v) is 5.15. The number of benzene rings is 4. The predicted octanol–water partition coefficient (Wildman–Crippen LogP) is 4.69. The molecule has 2 fully saturated rings. The molecule has 246 valence electrons. The molecule has 4 aromatic rings. The summed E-state index contributed by atoms with van der Waals surface area (Å²) in [6.07, 6.45) is -2.70. The summed E-state index contributed by atoms with van der Waals surface area (Å²) in [7, 11) is 3.06. The van der Waals surface area contributed by atoms with Crippen molar-refractivity contribution < 1.29 is 57.1 Å². The third-order valence-corrected chi connectivity index (χ3v) is 7.73. The Kier molecular flexibility index (Phi) is 9.65. The lowest BCUT2D eigenvalue weighted by Gasteiger charge is -2.17. The van der Waals surface area contributed by atoms with Gasteiger partial charge in [-0.15, -0.1) is 0 Å². The zero-order valence-electron chi connectivity index (χ0n) is 25.9. The molecule has 12 nitrogen and oxygen atoms in total. The van der Waals surface area contributed by atoms with Crippen LogP contribution in [0, 0.1) is 0 Å². The molecule has 6 rings (SSSR count). The van der Waals surface area contributed by atoms with Crippen LogP contribution in [0.3, 0.4) is 0 Å². The molecule has 2 saturated heterocycles. The Balaban J connectivity index is 0.977. The van der Waals surface area contributed by atoms with Crippen LogP contribution in [0.15, 0.2) is 97.1 Å². The molecule has 2 heterocycles. The summed E-state index contributed by atoms with van der Waals surface area (Å²) in [6, 6.07) is 24.9. The smallest absolute Gasteiger partial charge is 0.343 e. The molecule has 12 heteroatoms. The summed E-state index contributed by atoms with van der Waals surface area (Å²) in [5.74, 6) is -0.609. The van der Waals surface area contributed by atoms with E-state index in [0.29, 0.717) is 22.6 Å². The largest absolute Gasteiger partial charge is 0.497 e. The van der Waals surface area contributed by atoms with Crippen LogP contribution in [0.25, 0.3) is 0 Å². The fraction of sp³-hybridized carbons (Fsp3) is 0.222. The van der Waals surface area contributed by atoms with E-state index in [4.69, 9.17) is 37.9 Å². The molecule has 4 aromatic carbocycles. The monoisotopic (exact) mass is 654 g/mol. The van der Waals surface area contributed by atoms with Gasteiger partial charge >= 0.3 is 23.9 Å². The minimum atomic E-state index is -0.724. The molecule has 0 aromatic heterocycles. The van der Waals surface area contributed by atoms with Gasteiger partial charge in [-0.3, -0.25) is 0 Å². The third-order valence-electron chi connectivity index (χ3n) is 7.73. The van der Waals surface area contributed by atoms with Crippen molar-refractivity contribution in [3.05, 3.63) is 119 Å². The normalized spacial score (nSPS) is 19.5. The van der Waals surface area contributed by atoms with Gasteiger partial charge in [-0.1, -0.05) is 0 Å². The SMILES string of the molecule is COc1ccc(C(=O)Oc2ccc(C(=O)OC3CO[C@@H]4[C@@H](OC(=O)c5ccc(OC(=O)c6ccc(OC)cc6)cc5)CO[C@H]34)cc2)cc1. The second kappa shape index (κ2) is 14.4. The Labute approximate surface area is 275 Å². The first kappa shape index (κ1) is 32.2. The molecule has 0 aliphatic carbocycles. The lowest BCUT2D eigenvalue weighted by molar-refractivity contribution is -0.0287. The van der Waals surface area contributed by atoms with Crippen molar-refractivity contribution in [2.75, 3.05) is 27.4 Å². The van der Waals surface area contributed by atoms with E-state index in [1.54, 1.807) is 48.5 Å². The molecule has 0 saturated carbocycles. The van der Waals surface area contributed by atoms with E-state index in [1.165, 1.54) is 62.8 Å². The molecule has 2 aliphatic rings. The number of methoxy groups -OCH3 is 2. The van der Waals surface area contributed by atoms with Gasteiger partial charge in [0, 0.05) is 0 Å². The molecule has 2 aliphatic heterocycles. The quantitative estimate of drug-likeness (QED) is 0.173. The van der Waals surface area contributed by atoms with E-state index in [-0.39, 0.29) is 35.8 Å². The molecular formula is C36H30O12. The summed E-state index contributed by atoms with van der Waals surface area (Å²) >= 11 is 0. The highest BCUT2D eigenvalue weighted by Gasteiger charge is 2.51. The Morgan fingerprint density at radius 1 is 0.458 bits per heavy atom. The van der Waals surface area contributed by atoms with Gasteiger partial charge in [-0.05, 0) is 97.1 Å². The van der Waals surface area contributed by atoms with Crippen LogP contribution in [0.1, 0.15) is 41.4 Å². The molecule has 0 N–H and O–H groups in total. The van der Waals surface area contributed by atoms with Crippen LogP contribution in [-0.4, -0.2) is 75.7 Å². The van der Waals surface area contributed by atoms with Crippen molar-refractivity contribution >= 4 is 23.9 Å². The standard InChI is InChI=1S/C36H30O12/c1-41-25-11-3-21(4-12-25)33(37)45-27-15-7-23(8-16-27)35(39)47-29-19-43-32-30(20-44-31(29)32)48-36(40)24-9-17-28(18-10-24)46-34(38)22-5-13-26(42-2)14-6-22/h3-18,29-32H,19-20H2,1-2H3/t29-,30?,31+,32+/m0/s1. The van der Waals surface area contributed by atoms with Gasteiger partial charge < -0.3 is 37.9 Å². The number of hydrogen-bond acceptors (Lipinski definition) is 12. The maximum absolute atomic E-state index is 12.9. The van der Waals surface area contributed by atoms with Crippen molar-refractivity contribution in [2.24, 2.45) is 0 Å². The predicted molar refractivity (Wildman–Crippen MR) is 167 cm³/mol. The van der Waals surface area contributed by atoms with Gasteiger partial charge in [-0.2, -0.15) is 0 Å². The second-order valence-corrected chi connectivity index (χ2v) is 10.8. The number of carbonyl (C=O) groups excluding carboxylic acids is 4. The van der Waals surface area contributed by atoms with E-state index >= 15 is 0 Å². The van der Waals surface area contributed by atoms with E-state index in [9.17, 15) is 19.2 Å². The maximum atomic E-state index is 12.9. The summed E-state index contributed by atoms with van der Waals surface area (Å²) in [5, 5.41) is 0. The minimum Gasteiger partial charge on any atom is -0.497 e. The van der Waals surface area contributed by atoms with Crippen molar-refractivity contribution in [2.45, 2.75) is 24.4 Å². The van der Waals surface area contributed by atoms with Gasteiger partial charge in [0.15, 0.2) is 12.2 Å². The zero-order chi connectivity index (χ0) is 33.6. The maximum Gasteiger partial charge on any atom is 0.343 e. The summed E-state index contributed by atoms with van der Waals surface area (Å²) in [6.45, 7) is 0.113. The van der Waals surface area contributed by atoms with Crippen molar-refractivity contribution in [1.29, 1.82) is 0 Å². The van der Waals surface area contributed by atoms with Gasteiger partial charge in [-0.25, -0.2) is 19.2 Å². The minimum absolute atomic E-state index is 0.0565. The molecule has 0 spiro atoms. The first-order valence-electron chi connectivity index (χ1n) is 14.9.